The highest BCUT2D eigenvalue weighted by atomic mass is 16.4. The minimum atomic E-state index is -1.58. The van der Waals surface area contributed by atoms with E-state index in [0.29, 0.717) is 0 Å². The molecule has 0 aromatic rings. The van der Waals surface area contributed by atoms with E-state index >= 15 is 0 Å². The average Bonchev–Trinajstić information content (AvgIpc) is 2.71. The van der Waals surface area contributed by atoms with Crippen molar-refractivity contribution in [2.45, 2.75) is 70.3 Å². The first kappa shape index (κ1) is 30.5. The molecule has 0 fully saturated rings. The van der Waals surface area contributed by atoms with Crippen molar-refractivity contribution in [2.24, 2.45) is 33.8 Å². The predicted octanol–water partition coefficient (Wildman–Crippen LogP) is -4.18. The third kappa shape index (κ3) is 11.4. The van der Waals surface area contributed by atoms with Crippen molar-refractivity contribution >= 4 is 35.6 Å². The summed E-state index contributed by atoms with van der Waals surface area (Å²) in [6.07, 6.45) is -1.48. The number of guanidine groups is 1. The highest BCUT2D eigenvalue weighted by Crippen LogP contribution is 2.07. The van der Waals surface area contributed by atoms with Crippen LogP contribution in [0.5, 0.6) is 0 Å². The van der Waals surface area contributed by atoms with Gasteiger partial charge in [-0.2, -0.15) is 0 Å². The lowest BCUT2D eigenvalue weighted by Crippen LogP contribution is -2.59. The van der Waals surface area contributed by atoms with E-state index < -0.39 is 72.2 Å². The monoisotopic (exact) mass is 488 g/mol. The van der Waals surface area contributed by atoms with E-state index in [-0.39, 0.29) is 25.3 Å². The van der Waals surface area contributed by atoms with E-state index in [4.69, 9.17) is 22.9 Å². The van der Waals surface area contributed by atoms with Crippen molar-refractivity contribution in [1.29, 1.82) is 0 Å². The number of aliphatic hydroxyl groups excluding tert-OH is 1. The maximum atomic E-state index is 12.9. The second-order valence-corrected chi connectivity index (χ2v) is 8.08. The van der Waals surface area contributed by atoms with Gasteiger partial charge >= 0.3 is 5.97 Å². The van der Waals surface area contributed by atoms with Crippen LogP contribution in [-0.2, 0) is 24.0 Å². The number of amides is 4. The molecule has 0 aliphatic rings. The zero-order valence-corrected chi connectivity index (χ0v) is 19.5. The zero-order chi connectivity index (χ0) is 26.6. The molecule has 0 rings (SSSR count). The van der Waals surface area contributed by atoms with Crippen LogP contribution in [-0.4, -0.2) is 82.6 Å². The van der Waals surface area contributed by atoms with Gasteiger partial charge in [0, 0.05) is 6.54 Å². The Morgan fingerprint density at radius 2 is 1.44 bits per heavy atom. The summed E-state index contributed by atoms with van der Waals surface area (Å²) >= 11 is 0. The lowest BCUT2D eigenvalue weighted by Gasteiger charge is -2.27. The number of aliphatic hydroxyl groups is 1. The normalized spacial score (nSPS) is 15.2. The molecule has 5 unspecified atom stereocenters. The van der Waals surface area contributed by atoms with Gasteiger partial charge in [0.05, 0.1) is 12.5 Å². The fraction of sp³-hybridized carbons (Fsp3) is 0.684. The molecule has 0 saturated heterocycles. The summed E-state index contributed by atoms with van der Waals surface area (Å²) in [6, 6.07) is -5.25. The first-order chi connectivity index (χ1) is 15.7. The average molecular weight is 489 g/mol. The second-order valence-electron chi connectivity index (χ2n) is 8.08. The smallest absolute Gasteiger partial charge is 0.326 e. The molecule has 0 aromatic heterocycles. The molecule has 5 atom stereocenters. The van der Waals surface area contributed by atoms with Crippen molar-refractivity contribution < 1.29 is 34.2 Å². The van der Waals surface area contributed by atoms with Crippen molar-refractivity contribution in [3.05, 3.63) is 0 Å². The van der Waals surface area contributed by atoms with Crippen LogP contribution in [0.25, 0.3) is 0 Å². The number of rotatable bonds is 15. The largest absolute Gasteiger partial charge is 0.480 e. The van der Waals surface area contributed by atoms with Gasteiger partial charge in [-0.3, -0.25) is 24.2 Å². The number of aliphatic imine (C=N–C) groups is 1. The van der Waals surface area contributed by atoms with Gasteiger partial charge in [0.25, 0.3) is 0 Å². The molecule has 34 heavy (non-hydrogen) atoms. The van der Waals surface area contributed by atoms with Gasteiger partial charge in [0.2, 0.25) is 23.6 Å². The Morgan fingerprint density at radius 1 is 0.882 bits per heavy atom. The first-order valence-electron chi connectivity index (χ1n) is 10.6. The van der Waals surface area contributed by atoms with Crippen molar-refractivity contribution in [3.63, 3.8) is 0 Å². The quantitative estimate of drug-likeness (QED) is 0.0608. The van der Waals surface area contributed by atoms with Crippen LogP contribution in [0.1, 0.15) is 40.0 Å². The minimum Gasteiger partial charge on any atom is -0.480 e. The Bertz CT molecular complexity index is 768. The SMILES string of the molecule is CC(C)C(NC(=O)C(CCCN=C(N)N)NC(=O)C(N)C(C)O)C(=O)NC(CC(N)=O)C(=O)O. The number of carbonyl (C=O) groups is 5. The summed E-state index contributed by atoms with van der Waals surface area (Å²) in [4.78, 5) is 64.1. The summed E-state index contributed by atoms with van der Waals surface area (Å²) in [7, 11) is 0. The Morgan fingerprint density at radius 3 is 1.88 bits per heavy atom. The van der Waals surface area contributed by atoms with E-state index in [0.717, 1.165) is 0 Å². The number of carboxylic acid groups (broad SMARTS) is 1. The molecule has 0 bridgehead atoms. The Labute approximate surface area is 197 Å². The molecule has 0 aliphatic heterocycles. The van der Waals surface area contributed by atoms with Gasteiger partial charge in [-0.15, -0.1) is 0 Å². The van der Waals surface area contributed by atoms with Crippen molar-refractivity contribution in [3.8, 4) is 0 Å². The molecule has 0 spiro atoms. The van der Waals surface area contributed by atoms with Gasteiger partial charge in [-0.05, 0) is 25.7 Å². The standard InChI is InChI=1S/C19H36N8O7/c1-8(2)14(17(32)26-11(18(33)34)7-12(20)29)27-15(30)10(5-4-6-24-19(22)23)25-16(31)13(21)9(3)28/h8-11,13-14,28H,4-7,21H2,1-3H3,(H2,20,29)(H,25,31)(H,26,32)(H,27,30)(H,33,34)(H4,22,23,24). The molecule has 13 N–H and O–H groups in total. The summed E-state index contributed by atoms with van der Waals surface area (Å²) in [5, 5.41) is 25.8. The number of carbonyl (C=O) groups excluding carboxylic acids is 4. The summed E-state index contributed by atoms with van der Waals surface area (Å²) in [5.74, 6) is -5.47. The molecule has 15 nitrogen and oxygen atoms in total. The Hall–Kier alpha value is -3.46. The molecule has 0 aromatic carbocycles. The van der Waals surface area contributed by atoms with Gasteiger partial charge in [-0.25, -0.2) is 4.79 Å². The summed E-state index contributed by atoms with van der Waals surface area (Å²) in [5.41, 5.74) is 21.2. The molecule has 4 amide bonds. The number of hydrogen-bond donors (Lipinski definition) is 9. The number of nitrogens with zero attached hydrogens (tertiary/aromatic N) is 1. The fourth-order valence-electron chi connectivity index (χ4n) is 2.71. The van der Waals surface area contributed by atoms with E-state index in [1.54, 1.807) is 13.8 Å². The number of nitrogens with two attached hydrogens (primary N) is 4. The van der Waals surface area contributed by atoms with Gasteiger partial charge in [0.1, 0.15) is 24.2 Å². The summed E-state index contributed by atoms with van der Waals surface area (Å²) in [6.45, 7) is 4.67. The first-order valence-corrected chi connectivity index (χ1v) is 10.6. The van der Waals surface area contributed by atoms with E-state index in [9.17, 15) is 34.2 Å². The second kappa shape index (κ2) is 14.6. The summed E-state index contributed by atoms with van der Waals surface area (Å²) < 4.78 is 0. The molecular formula is C19H36N8O7. The van der Waals surface area contributed by atoms with Crippen LogP contribution >= 0.6 is 0 Å². The van der Waals surface area contributed by atoms with Gasteiger partial charge < -0.3 is 49.1 Å². The predicted molar refractivity (Wildman–Crippen MR) is 122 cm³/mol. The van der Waals surface area contributed by atoms with E-state index in [1.807, 2.05) is 0 Å². The van der Waals surface area contributed by atoms with Crippen molar-refractivity contribution in [1.82, 2.24) is 16.0 Å². The lowest BCUT2D eigenvalue weighted by molar-refractivity contribution is -0.144. The van der Waals surface area contributed by atoms with Gasteiger partial charge in [0.15, 0.2) is 5.96 Å². The van der Waals surface area contributed by atoms with Crippen LogP contribution < -0.4 is 38.9 Å². The van der Waals surface area contributed by atoms with Crippen LogP contribution in [0.4, 0.5) is 0 Å². The van der Waals surface area contributed by atoms with Crippen LogP contribution in [0.15, 0.2) is 4.99 Å². The highest BCUT2D eigenvalue weighted by Gasteiger charge is 2.32. The van der Waals surface area contributed by atoms with Gasteiger partial charge in [-0.1, -0.05) is 13.8 Å². The molecule has 15 heteroatoms. The maximum Gasteiger partial charge on any atom is 0.326 e. The molecule has 0 heterocycles. The van der Waals surface area contributed by atoms with E-state index in [2.05, 4.69) is 20.9 Å². The molecule has 0 radical (unpaired) electrons. The number of aliphatic carboxylic acids is 1. The molecule has 0 saturated carbocycles. The number of primary amides is 1. The van der Waals surface area contributed by atoms with Crippen LogP contribution in [0, 0.1) is 5.92 Å². The number of nitrogens with one attached hydrogen (secondary N) is 3. The highest BCUT2D eigenvalue weighted by molar-refractivity contribution is 5.95. The van der Waals surface area contributed by atoms with Crippen LogP contribution in [0.2, 0.25) is 0 Å². The fourth-order valence-corrected chi connectivity index (χ4v) is 2.71. The lowest BCUT2D eigenvalue weighted by atomic mass is 10.0. The maximum absolute atomic E-state index is 12.9. The van der Waals surface area contributed by atoms with Crippen LogP contribution in [0.3, 0.4) is 0 Å². The molecule has 0 aliphatic carbocycles. The minimum absolute atomic E-state index is 0.0622. The third-order valence-corrected chi connectivity index (χ3v) is 4.67. The third-order valence-electron chi connectivity index (χ3n) is 4.67. The molecular weight excluding hydrogens is 452 g/mol. The van der Waals surface area contributed by atoms with E-state index in [1.165, 1.54) is 6.92 Å². The Kier molecular flexibility index (Phi) is 13.2. The van der Waals surface area contributed by atoms with Crippen molar-refractivity contribution in [2.75, 3.05) is 6.54 Å². The topological polar surface area (TPSA) is 278 Å². The Balaban J connectivity index is 5.54. The number of carboxylic acids is 1. The zero-order valence-electron chi connectivity index (χ0n) is 19.5. The molecule has 194 valence electrons. The number of hydrogen-bond acceptors (Lipinski definition) is 8.